The van der Waals surface area contributed by atoms with Crippen LogP contribution < -0.4 is 30.7 Å². The molecular weight excluding hydrogens is 458 g/mol. The van der Waals surface area contributed by atoms with E-state index in [1.54, 1.807) is 31.4 Å². The number of morpholine rings is 1. The fourth-order valence-corrected chi connectivity index (χ4v) is 4.06. The third-order valence-electron chi connectivity index (χ3n) is 5.10. The molecule has 0 aliphatic carbocycles. The van der Waals surface area contributed by atoms with Crippen molar-refractivity contribution >= 4 is 50.2 Å². The molecular formula is C22H27N7O4S. The summed E-state index contributed by atoms with van der Waals surface area (Å²) in [6, 6.07) is 12.7. The molecule has 2 heterocycles. The number of hydrogen-bond donors (Lipinski definition) is 4. The molecule has 0 unspecified atom stereocenters. The van der Waals surface area contributed by atoms with Crippen molar-refractivity contribution in [3.63, 3.8) is 0 Å². The van der Waals surface area contributed by atoms with Crippen molar-refractivity contribution in [3.8, 4) is 5.75 Å². The van der Waals surface area contributed by atoms with Gasteiger partial charge >= 0.3 is 0 Å². The van der Waals surface area contributed by atoms with Gasteiger partial charge in [-0.05, 0) is 24.3 Å². The first kappa shape index (κ1) is 23.4. The SMILES string of the molecule is COc1cc(N2CCOCC2)ccc1Nc1ncc(N)c(Nc2ccccc2NS(C)(=O)=O)n1. The van der Waals surface area contributed by atoms with Gasteiger partial charge < -0.3 is 30.7 Å². The first-order valence-electron chi connectivity index (χ1n) is 10.6. The second kappa shape index (κ2) is 10.0. The Morgan fingerprint density at radius 1 is 1.06 bits per heavy atom. The third kappa shape index (κ3) is 5.77. The van der Waals surface area contributed by atoms with Gasteiger partial charge in [0, 0.05) is 24.8 Å². The highest BCUT2D eigenvalue weighted by Crippen LogP contribution is 2.33. The predicted octanol–water partition coefficient (Wildman–Crippen LogP) is 2.76. The summed E-state index contributed by atoms with van der Waals surface area (Å²) in [5, 5.41) is 6.24. The average Bonchev–Trinajstić information content (AvgIpc) is 2.82. The number of nitrogen functional groups attached to an aromatic ring is 1. The van der Waals surface area contributed by atoms with Gasteiger partial charge in [-0.3, -0.25) is 4.72 Å². The molecule has 3 aromatic rings. The van der Waals surface area contributed by atoms with E-state index in [-0.39, 0.29) is 0 Å². The quantitative estimate of drug-likeness (QED) is 0.376. The maximum atomic E-state index is 11.7. The van der Waals surface area contributed by atoms with Crippen molar-refractivity contribution in [2.75, 3.05) is 65.7 Å². The van der Waals surface area contributed by atoms with Crippen LogP contribution in [0.25, 0.3) is 0 Å². The standard InChI is InChI=1S/C22H27N7O4S/c1-32-20-13-15(29-9-11-33-12-10-29)7-8-19(20)26-22-24-14-16(23)21(27-22)25-17-5-3-4-6-18(17)28-34(2,30)31/h3-8,13-14,28H,9-12,23H2,1-2H3,(H2,24,25,26,27). The van der Waals surface area contributed by atoms with E-state index in [4.69, 9.17) is 15.2 Å². The number of benzene rings is 2. The van der Waals surface area contributed by atoms with Gasteiger partial charge in [0.05, 0.1) is 55.5 Å². The molecule has 0 amide bonds. The normalized spacial score (nSPS) is 13.9. The van der Waals surface area contributed by atoms with E-state index in [0.29, 0.717) is 53.5 Å². The number of nitrogens with one attached hydrogen (secondary N) is 3. The molecule has 1 fully saturated rings. The molecule has 2 aromatic carbocycles. The number of methoxy groups -OCH3 is 1. The van der Waals surface area contributed by atoms with E-state index >= 15 is 0 Å². The minimum absolute atomic E-state index is 0.294. The molecule has 0 radical (unpaired) electrons. The van der Waals surface area contributed by atoms with Crippen LogP contribution in [0.2, 0.25) is 0 Å². The molecule has 34 heavy (non-hydrogen) atoms. The van der Waals surface area contributed by atoms with E-state index in [9.17, 15) is 8.42 Å². The van der Waals surface area contributed by atoms with Gasteiger partial charge in [-0.15, -0.1) is 0 Å². The number of rotatable bonds is 8. The summed E-state index contributed by atoms with van der Waals surface area (Å²) in [4.78, 5) is 11.0. The van der Waals surface area contributed by atoms with Crippen LogP contribution in [0.5, 0.6) is 5.75 Å². The number of para-hydroxylation sites is 2. The van der Waals surface area contributed by atoms with E-state index in [1.165, 1.54) is 6.20 Å². The molecule has 0 spiro atoms. The second-order valence-corrected chi connectivity index (χ2v) is 9.40. The Morgan fingerprint density at radius 2 is 1.79 bits per heavy atom. The Balaban J connectivity index is 1.56. The lowest BCUT2D eigenvalue weighted by Crippen LogP contribution is -2.36. The van der Waals surface area contributed by atoms with Crippen LogP contribution in [0, 0.1) is 0 Å². The zero-order valence-corrected chi connectivity index (χ0v) is 19.7. The molecule has 0 saturated carbocycles. The summed E-state index contributed by atoms with van der Waals surface area (Å²) < 4.78 is 36.9. The molecule has 180 valence electrons. The molecule has 12 heteroatoms. The number of nitrogens with two attached hydrogens (primary N) is 1. The van der Waals surface area contributed by atoms with E-state index in [0.717, 1.165) is 25.0 Å². The zero-order chi connectivity index (χ0) is 24.1. The highest BCUT2D eigenvalue weighted by molar-refractivity contribution is 7.92. The number of sulfonamides is 1. The van der Waals surface area contributed by atoms with Crippen molar-refractivity contribution in [1.29, 1.82) is 0 Å². The van der Waals surface area contributed by atoms with Crippen molar-refractivity contribution < 1.29 is 17.9 Å². The first-order valence-corrected chi connectivity index (χ1v) is 12.5. The first-order chi connectivity index (χ1) is 16.3. The van der Waals surface area contributed by atoms with E-state index < -0.39 is 10.0 Å². The van der Waals surface area contributed by atoms with Gasteiger partial charge in [-0.2, -0.15) is 4.98 Å². The topological polar surface area (TPSA) is 144 Å². The lowest BCUT2D eigenvalue weighted by Gasteiger charge is -2.29. The Labute approximate surface area is 198 Å². The highest BCUT2D eigenvalue weighted by atomic mass is 32.2. The van der Waals surface area contributed by atoms with Crippen molar-refractivity contribution in [2.24, 2.45) is 0 Å². The van der Waals surface area contributed by atoms with Crippen LogP contribution in [0.4, 0.5) is 40.2 Å². The van der Waals surface area contributed by atoms with Gasteiger partial charge in [0.25, 0.3) is 0 Å². The molecule has 1 saturated heterocycles. The Hall–Kier alpha value is -3.77. The van der Waals surface area contributed by atoms with Gasteiger partial charge in [0.1, 0.15) is 5.75 Å². The van der Waals surface area contributed by atoms with Gasteiger partial charge in [-0.1, -0.05) is 12.1 Å². The number of anilines is 7. The largest absolute Gasteiger partial charge is 0.494 e. The van der Waals surface area contributed by atoms with Crippen LogP contribution in [-0.2, 0) is 14.8 Å². The fourth-order valence-electron chi connectivity index (χ4n) is 3.48. The second-order valence-electron chi connectivity index (χ2n) is 7.65. The maximum absolute atomic E-state index is 11.7. The van der Waals surface area contributed by atoms with Crippen LogP contribution >= 0.6 is 0 Å². The van der Waals surface area contributed by atoms with Crippen LogP contribution in [0.15, 0.2) is 48.7 Å². The average molecular weight is 486 g/mol. The van der Waals surface area contributed by atoms with Crippen LogP contribution in [-0.4, -0.2) is 58.1 Å². The van der Waals surface area contributed by atoms with Crippen LogP contribution in [0.1, 0.15) is 0 Å². The number of hydrogen-bond acceptors (Lipinski definition) is 10. The molecule has 0 bridgehead atoms. The summed E-state index contributed by atoms with van der Waals surface area (Å²) in [5.41, 5.74) is 8.97. The summed E-state index contributed by atoms with van der Waals surface area (Å²) in [7, 11) is -1.86. The molecule has 11 nitrogen and oxygen atoms in total. The zero-order valence-electron chi connectivity index (χ0n) is 18.9. The number of ether oxygens (including phenoxy) is 2. The summed E-state index contributed by atoms with van der Waals surface area (Å²) in [5.74, 6) is 1.26. The lowest BCUT2D eigenvalue weighted by atomic mass is 10.2. The summed E-state index contributed by atoms with van der Waals surface area (Å²) in [6.07, 6.45) is 2.56. The van der Waals surface area contributed by atoms with Crippen molar-refractivity contribution in [2.45, 2.75) is 0 Å². The highest BCUT2D eigenvalue weighted by Gasteiger charge is 2.15. The summed E-state index contributed by atoms with van der Waals surface area (Å²) in [6.45, 7) is 3.03. The molecule has 5 N–H and O–H groups in total. The predicted molar refractivity (Wildman–Crippen MR) is 134 cm³/mol. The summed E-state index contributed by atoms with van der Waals surface area (Å²) >= 11 is 0. The molecule has 1 aliphatic heterocycles. The van der Waals surface area contributed by atoms with Gasteiger partial charge in [-0.25, -0.2) is 13.4 Å². The van der Waals surface area contributed by atoms with Gasteiger partial charge in [0.2, 0.25) is 16.0 Å². The minimum Gasteiger partial charge on any atom is -0.494 e. The van der Waals surface area contributed by atoms with E-state index in [2.05, 4.69) is 30.2 Å². The molecule has 1 aliphatic rings. The Kier molecular flexibility index (Phi) is 6.89. The number of aromatic nitrogens is 2. The number of nitrogens with zero attached hydrogens (tertiary/aromatic N) is 3. The van der Waals surface area contributed by atoms with Crippen molar-refractivity contribution in [1.82, 2.24) is 9.97 Å². The lowest BCUT2D eigenvalue weighted by molar-refractivity contribution is 0.122. The van der Waals surface area contributed by atoms with Gasteiger partial charge in [0.15, 0.2) is 5.82 Å². The molecule has 4 rings (SSSR count). The molecule has 1 aromatic heterocycles. The maximum Gasteiger partial charge on any atom is 0.229 e. The third-order valence-corrected chi connectivity index (χ3v) is 5.69. The van der Waals surface area contributed by atoms with Crippen molar-refractivity contribution in [3.05, 3.63) is 48.7 Å². The smallest absolute Gasteiger partial charge is 0.229 e. The van der Waals surface area contributed by atoms with Crippen LogP contribution in [0.3, 0.4) is 0 Å². The minimum atomic E-state index is -3.46. The van der Waals surface area contributed by atoms with E-state index in [1.807, 2.05) is 18.2 Å². The Morgan fingerprint density at radius 3 is 2.50 bits per heavy atom. The monoisotopic (exact) mass is 485 g/mol. The molecule has 0 atom stereocenters. The fraction of sp³-hybridized carbons (Fsp3) is 0.273. The Bertz CT molecular complexity index is 1260.